The topological polar surface area (TPSA) is 0 Å². The van der Waals surface area contributed by atoms with Crippen LogP contribution in [0.2, 0.25) is 10.0 Å². The van der Waals surface area contributed by atoms with Gasteiger partial charge in [0.25, 0.3) is 0 Å². The van der Waals surface area contributed by atoms with Crippen molar-refractivity contribution in [2.24, 2.45) is 0 Å². The Hall–Kier alpha value is 0.230. The van der Waals surface area contributed by atoms with Crippen molar-refractivity contribution in [3.63, 3.8) is 0 Å². The van der Waals surface area contributed by atoms with Crippen LogP contribution < -0.4 is 0 Å². The Morgan fingerprint density at radius 2 is 1.56 bits per heavy atom. The van der Waals surface area contributed by atoms with Crippen molar-refractivity contribution in [2.75, 3.05) is 0 Å². The molecule has 0 saturated carbocycles. The number of hydrogen-bond donors (Lipinski definition) is 0. The van der Waals surface area contributed by atoms with Gasteiger partial charge in [-0.2, -0.15) is 0 Å². The van der Waals surface area contributed by atoms with E-state index in [2.05, 4.69) is 38.5 Å². The molecule has 0 saturated heterocycles. The molecule has 2 aromatic carbocycles. The highest BCUT2D eigenvalue weighted by molar-refractivity contribution is 14.1. The molecule has 0 nitrogen and oxygen atoms in total. The second-order valence-electron chi connectivity index (χ2n) is 3.20. The first-order valence-electron chi connectivity index (χ1n) is 4.49. The summed E-state index contributed by atoms with van der Waals surface area (Å²) in [5, 5.41) is 1.46. The molecule has 0 heterocycles. The van der Waals surface area contributed by atoms with Crippen LogP contribution in [0.15, 0.2) is 40.9 Å². The van der Waals surface area contributed by atoms with E-state index < -0.39 is 0 Å². The van der Waals surface area contributed by atoms with Gasteiger partial charge in [0, 0.05) is 18.6 Å². The standard InChI is InChI=1S/C12H6BrCl2I/c13-8-4-2-5-9(14)11(8)7-3-1-6-10(15)12(7)16/h1-6H. The molecule has 4 heteroatoms. The van der Waals surface area contributed by atoms with Gasteiger partial charge >= 0.3 is 0 Å². The number of benzene rings is 2. The van der Waals surface area contributed by atoms with Gasteiger partial charge < -0.3 is 0 Å². The normalized spacial score (nSPS) is 10.5. The minimum atomic E-state index is 0.717. The van der Waals surface area contributed by atoms with E-state index in [4.69, 9.17) is 23.2 Å². The van der Waals surface area contributed by atoms with Gasteiger partial charge in [-0.05, 0) is 46.4 Å². The lowest BCUT2D eigenvalue weighted by Crippen LogP contribution is -1.86. The van der Waals surface area contributed by atoms with Gasteiger partial charge in [0.15, 0.2) is 0 Å². The Labute approximate surface area is 126 Å². The Morgan fingerprint density at radius 1 is 0.938 bits per heavy atom. The first kappa shape index (κ1) is 12.7. The van der Waals surface area contributed by atoms with Crippen LogP contribution in [0.4, 0.5) is 0 Å². The average Bonchev–Trinajstić information content (AvgIpc) is 2.24. The zero-order valence-electron chi connectivity index (χ0n) is 7.98. The molecular formula is C12H6BrCl2I. The Balaban J connectivity index is 2.73. The highest BCUT2D eigenvalue weighted by Gasteiger charge is 2.12. The van der Waals surface area contributed by atoms with Crippen LogP contribution in [-0.2, 0) is 0 Å². The molecule has 0 unspecified atom stereocenters. The van der Waals surface area contributed by atoms with Crippen LogP contribution >= 0.6 is 61.7 Å². The largest absolute Gasteiger partial charge is 0.0836 e. The summed E-state index contributed by atoms with van der Waals surface area (Å²) in [6.07, 6.45) is 0. The van der Waals surface area contributed by atoms with E-state index in [1.165, 1.54) is 0 Å². The molecule has 0 aliphatic heterocycles. The van der Waals surface area contributed by atoms with Gasteiger partial charge in [0.05, 0.1) is 5.02 Å². The second kappa shape index (κ2) is 5.25. The predicted octanol–water partition coefficient (Wildman–Crippen LogP) is 6.03. The fourth-order valence-electron chi connectivity index (χ4n) is 1.45. The van der Waals surface area contributed by atoms with Crippen LogP contribution in [0.1, 0.15) is 0 Å². The van der Waals surface area contributed by atoms with Crippen molar-refractivity contribution in [1.29, 1.82) is 0 Å². The summed E-state index contributed by atoms with van der Waals surface area (Å²) in [6.45, 7) is 0. The van der Waals surface area contributed by atoms with Crippen LogP contribution in [-0.4, -0.2) is 0 Å². The minimum Gasteiger partial charge on any atom is -0.0836 e. The molecule has 82 valence electrons. The first-order chi connectivity index (χ1) is 7.61. The molecule has 0 amide bonds. The van der Waals surface area contributed by atoms with E-state index in [0.29, 0.717) is 0 Å². The molecule has 0 atom stereocenters. The van der Waals surface area contributed by atoms with Crippen LogP contribution in [0.3, 0.4) is 0 Å². The third-order valence-electron chi connectivity index (χ3n) is 2.18. The van der Waals surface area contributed by atoms with Gasteiger partial charge in [-0.25, -0.2) is 0 Å². The monoisotopic (exact) mass is 426 g/mol. The average molecular weight is 428 g/mol. The number of hydrogen-bond acceptors (Lipinski definition) is 0. The summed E-state index contributed by atoms with van der Waals surface area (Å²) >= 11 is 18.1. The zero-order valence-corrected chi connectivity index (χ0v) is 13.2. The van der Waals surface area contributed by atoms with E-state index in [1.54, 1.807) is 0 Å². The maximum Gasteiger partial charge on any atom is 0.0545 e. The third-order valence-corrected chi connectivity index (χ3v) is 4.96. The summed E-state index contributed by atoms with van der Waals surface area (Å²) in [5.41, 5.74) is 2.03. The Morgan fingerprint density at radius 3 is 2.25 bits per heavy atom. The molecular weight excluding hydrogens is 422 g/mol. The van der Waals surface area contributed by atoms with Crippen molar-refractivity contribution < 1.29 is 0 Å². The van der Waals surface area contributed by atoms with Crippen molar-refractivity contribution in [1.82, 2.24) is 0 Å². The van der Waals surface area contributed by atoms with Gasteiger partial charge in [0.1, 0.15) is 0 Å². The summed E-state index contributed by atoms with van der Waals surface area (Å²) in [6, 6.07) is 11.6. The molecule has 0 spiro atoms. The summed E-state index contributed by atoms with van der Waals surface area (Å²) in [5.74, 6) is 0. The van der Waals surface area contributed by atoms with Crippen molar-refractivity contribution in [3.05, 3.63) is 54.5 Å². The molecule has 2 rings (SSSR count). The smallest absolute Gasteiger partial charge is 0.0545 e. The van der Waals surface area contributed by atoms with E-state index in [0.717, 1.165) is 29.2 Å². The second-order valence-corrected chi connectivity index (χ2v) is 5.95. The van der Waals surface area contributed by atoms with Gasteiger partial charge in [-0.15, -0.1) is 0 Å². The lowest BCUT2D eigenvalue weighted by Gasteiger charge is -2.10. The van der Waals surface area contributed by atoms with Crippen LogP contribution in [0, 0.1) is 3.57 Å². The lowest BCUT2D eigenvalue weighted by atomic mass is 10.1. The summed E-state index contributed by atoms with van der Waals surface area (Å²) < 4.78 is 1.98. The minimum absolute atomic E-state index is 0.717. The van der Waals surface area contributed by atoms with E-state index in [1.807, 2.05) is 36.4 Å². The number of halogens is 4. The lowest BCUT2D eigenvalue weighted by molar-refractivity contribution is 1.55. The molecule has 0 N–H and O–H groups in total. The maximum absolute atomic E-state index is 6.21. The number of rotatable bonds is 1. The van der Waals surface area contributed by atoms with E-state index in [9.17, 15) is 0 Å². The van der Waals surface area contributed by atoms with Crippen molar-refractivity contribution >= 4 is 61.7 Å². The fraction of sp³-hybridized carbons (Fsp3) is 0. The van der Waals surface area contributed by atoms with Gasteiger partial charge in [-0.3, -0.25) is 0 Å². The molecule has 0 aliphatic rings. The van der Waals surface area contributed by atoms with Crippen molar-refractivity contribution in [2.45, 2.75) is 0 Å². The van der Waals surface area contributed by atoms with Crippen molar-refractivity contribution in [3.8, 4) is 11.1 Å². The van der Waals surface area contributed by atoms with Crippen LogP contribution in [0.5, 0.6) is 0 Å². The Kier molecular flexibility index (Phi) is 4.16. The van der Waals surface area contributed by atoms with Gasteiger partial charge in [-0.1, -0.05) is 57.3 Å². The van der Waals surface area contributed by atoms with Gasteiger partial charge in [0.2, 0.25) is 0 Å². The zero-order chi connectivity index (χ0) is 11.7. The molecule has 0 fully saturated rings. The molecule has 2 aromatic rings. The fourth-order valence-corrected chi connectivity index (χ4v) is 3.23. The summed E-state index contributed by atoms with van der Waals surface area (Å²) in [4.78, 5) is 0. The quantitative estimate of drug-likeness (QED) is 0.487. The molecule has 0 aromatic heterocycles. The molecule has 0 bridgehead atoms. The third kappa shape index (κ3) is 2.40. The highest BCUT2D eigenvalue weighted by atomic mass is 127. The predicted molar refractivity (Wildman–Crippen MR) is 82.3 cm³/mol. The Bertz CT molecular complexity index is 520. The maximum atomic E-state index is 6.21. The van der Waals surface area contributed by atoms with E-state index in [-0.39, 0.29) is 0 Å². The molecule has 0 aliphatic carbocycles. The van der Waals surface area contributed by atoms with E-state index >= 15 is 0 Å². The van der Waals surface area contributed by atoms with Crippen LogP contribution in [0.25, 0.3) is 11.1 Å². The SMILES string of the molecule is Clc1cccc(-c2c(Cl)cccc2Br)c1I. The first-order valence-corrected chi connectivity index (χ1v) is 7.12. The highest BCUT2D eigenvalue weighted by Crippen LogP contribution is 2.38. The molecule has 0 radical (unpaired) electrons. The molecule has 16 heavy (non-hydrogen) atoms. The summed E-state index contributed by atoms with van der Waals surface area (Å²) in [7, 11) is 0.